The Balaban J connectivity index is 2.19. The van der Waals surface area contributed by atoms with Crippen molar-refractivity contribution in [2.75, 3.05) is 7.05 Å². The van der Waals surface area contributed by atoms with Crippen LogP contribution < -0.4 is 5.32 Å². The normalized spacial score (nSPS) is 25.8. The summed E-state index contributed by atoms with van der Waals surface area (Å²) in [5.74, 6) is 0.350. The molecule has 1 aliphatic rings. The van der Waals surface area contributed by atoms with Crippen LogP contribution in [0.1, 0.15) is 38.2 Å². The molecule has 3 unspecified atom stereocenters. The average Bonchev–Trinajstić information content (AvgIpc) is 2.49. The highest BCUT2D eigenvalue weighted by Crippen LogP contribution is 2.34. The Kier molecular flexibility index (Phi) is 5.28. The molecule has 3 atom stereocenters. The highest BCUT2D eigenvalue weighted by Gasteiger charge is 2.30. The van der Waals surface area contributed by atoms with Crippen molar-refractivity contribution in [2.45, 2.75) is 45.1 Å². The molecular weight excluding hydrogens is 271 g/mol. The molecule has 1 saturated carbocycles. The minimum Gasteiger partial charge on any atom is -0.317 e. The van der Waals surface area contributed by atoms with Gasteiger partial charge in [-0.3, -0.25) is 10.1 Å². The Morgan fingerprint density at radius 1 is 1.43 bits per heavy atom. The SMILES string of the molecule is CCC1CCC(NC)C(Cc2cccc([N+](=O)[O-])c2F)C1. The second-order valence-corrected chi connectivity index (χ2v) is 5.95. The molecule has 1 aliphatic carbocycles. The van der Waals surface area contributed by atoms with E-state index in [9.17, 15) is 14.5 Å². The van der Waals surface area contributed by atoms with Crippen LogP contribution in [0.15, 0.2) is 18.2 Å². The second kappa shape index (κ2) is 6.98. The molecule has 0 aromatic heterocycles. The lowest BCUT2D eigenvalue weighted by atomic mass is 9.74. The van der Waals surface area contributed by atoms with E-state index >= 15 is 0 Å². The van der Waals surface area contributed by atoms with Crippen LogP contribution in [0.3, 0.4) is 0 Å². The van der Waals surface area contributed by atoms with Crippen molar-refractivity contribution in [1.29, 1.82) is 0 Å². The Bertz CT molecular complexity index is 507. The number of hydrogen-bond donors (Lipinski definition) is 1. The maximum atomic E-state index is 14.2. The molecule has 0 heterocycles. The molecule has 1 aromatic rings. The van der Waals surface area contributed by atoms with Gasteiger partial charge in [0.25, 0.3) is 0 Å². The smallest absolute Gasteiger partial charge is 0.305 e. The van der Waals surface area contributed by atoms with Gasteiger partial charge in [0.2, 0.25) is 5.82 Å². The van der Waals surface area contributed by atoms with Crippen LogP contribution >= 0.6 is 0 Å². The fourth-order valence-corrected chi connectivity index (χ4v) is 3.49. The number of nitro groups is 1. The summed E-state index contributed by atoms with van der Waals surface area (Å²) in [6, 6.07) is 4.84. The first kappa shape index (κ1) is 15.9. The minimum atomic E-state index is -0.670. The van der Waals surface area contributed by atoms with Gasteiger partial charge in [-0.2, -0.15) is 4.39 Å². The number of nitrogens with one attached hydrogen (secondary N) is 1. The van der Waals surface area contributed by atoms with Gasteiger partial charge in [0.1, 0.15) is 0 Å². The third-order valence-corrected chi connectivity index (χ3v) is 4.78. The molecule has 5 heteroatoms. The summed E-state index contributed by atoms with van der Waals surface area (Å²) >= 11 is 0. The van der Waals surface area contributed by atoms with Gasteiger partial charge in [0.05, 0.1) is 4.92 Å². The third kappa shape index (κ3) is 3.59. The van der Waals surface area contributed by atoms with Gasteiger partial charge in [0.15, 0.2) is 0 Å². The summed E-state index contributed by atoms with van der Waals surface area (Å²) in [5.41, 5.74) is 0.0440. The van der Waals surface area contributed by atoms with Crippen molar-refractivity contribution >= 4 is 5.69 Å². The number of nitro benzene ring substituents is 1. The Labute approximate surface area is 124 Å². The number of rotatable bonds is 5. The Hall–Kier alpha value is -1.49. The van der Waals surface area contributed by atoms with Gasteiger partial charge in [0, 0.05) is 12.1 Å². The fourth-order valence-electron chi connectivity index (χ4n) is 3.49. The molecule has 0 bridgehead atoms. The van der Waals surface area contributed by atoms with Gasteiger partial charge in [-0.25, -0.2) is 0 Å². The van der Waals surface area contributed by atoms with Crippen molar-refractivity contribution in [3.05, 3.63) is 39.7 Å². The highest BCUT2D eigenvalue weighted by atomic mass is 19.1. The summed E-state index contributed by atoms with van der Waals surface area (Å²) in [5, 5.41) is 14.2. The maximum absolute atomic E-state index is 14.2. The molecule has 4 nitrogen and oxygen atoms in total. The van der Waals surface area contributed by atoms with Crippen LogP contribution in [-0.4, -0.2) is 18.0 Å². The van der Waals surface area contributed by atoms with Gasteiger partial charge in [-0.1, -0.05) is 25.5 Å². The van der Waals surface area contributed by atoms with Crippen molar-refractivity contribution in [2.24, 2.45) is 11.8 Å². The van der Waals surface area contributed by atoms with Gasteiger partial charge < -0.3 is 5.32 Å². The highest BCUT2D eigenvalue weighted by molar-refractivity contribution is 5.37. The van der Waals surface area contributed by atoms with E-state index in [1.807, 2.05) is 7.05 Å². The average molecular weight is 294 g/mol. The largest absolute Gasteiger partial charge is 0.317 e. The quantitative estimate of drug-likeness (QED) is 0.665. The first-order valence-corrected chi connectivity index (χ1v) is 7.65. The van der Waals surface area contributed by atoms with Crippen molar-refractivity contribution in [1.82, 2.24) is 5.32 Å². The third-order valence-electron chi connectivity index (χ3n) is 4.78. The lowest BCUT2D eigenvalue weighted by Gasteiger charge is -2.36. The summed E-state index contributed by atoms with van der Waals surface area (Å²) in [6.45, 7) is 2.19. The predicted molar refractivity (Wildman–Crippen MR) is 80.7 cm³/mol. The molecule has 1 aromatic carbocycles. The minimum absolute atomic E-state index is 0.338. The molecule has 0 aliphatic heterocycles. The number of nitrogens with zero attached hydrogens (tertiary/aromatic N) is 1. The molecule has 1 fully saturated rings. The summed E-state index contributed by atoms with van der Waals surface area (Å²) in [4.78, 5) is 10.2. The molecule has 21 heavy (non-hydrogen) atoms. The maximum Gasteiger partial charge on any atom is 0.305 e. The molecule has 0 radical (unpaired) electrons. The second-order valence-electron chi connectivity index (χ2n) is 5.95. The van der Waals surface area contributed by atoms with E-state index in [1.165, 1.54) is 12.5 Å². The van der Waals surface area contributed by atoms with Gasteiger partial charge in [-0.05, 0) is 50.1 Å². The van der Waals surface area contributed by atoms with Crippen molar-refractivity contribution in [3.63, 3.8) is 0 Å². The van der Waals surface area contributed by atoms with E-state index in [0.717, 1.165) is 19.3 Å². The number of hydrogen-bond acceptors (Lipinski definition) is 3. The molecule has 116 valence electrons. The van der Waals surface area contributed by atoms with Crippen LogP contribution in [0.25, 0.3) is 0 Å². The fraction of sp³-hybridized carbons (Fsp3) is 0.625. The van der Waals surface area contributed by atoms with E-state index in [4.69, 9.17) is 0 Å². The molecule has 1 N–H and O–H groups in total. The summed E-state index contributed by atoms with van der Waals surface area (Å²) in [7, 11) is 1.94. The first-order chi connectivity index (χ1) is 10.1. The lowest BCUT2D eigenvalue weighted by molar-refractivity contribution is -0.387. The lowest BCUT2D eigenvalue weighted by Crippen LogP contribution is -2.39. The van der Waals surface area contributed by atoms with Gasteiger partial charge >= 0.3 is 5.69 Å². The first-order valence-electron chi connectivity index (χ1n) is 7.65. The van der Waals surface area contributed by atoms with Gasteiger partial charge in [-0.15, -0.1) is 0 Å². The van der Waals surface area contributed by atoms with Crippen LogP contribution in [0.4, 0.5) is 10.1 Å². The zero-order chi connectivity index (χ0) is 15.4. The van der Waals surface area contributed by atoms with Crippen LogP contribution in [0.2, 0.25) is 0 Å². The van der Waals surface area contributed by atoms with Crippen LogP contribution in [-0.2, 0) is 6.42 Å². The predicted octanol–water partition coefficient (Wildman–Crippen LogP) is 3.69. The standard InChI is InChI=1S/C16H23FN2O2/c1-3-11-7-8-14(18-2)13(9-11)10-12-5-4-6-15(16(12)17)19(20)21/h4-6,11,13-14,18H,3,7-10H2,1-2H3. The van der Waals surface area contributed by atoms with Crippen molar-refractivity contribution in [3.8, 4) is 0 Å². The van der Waals surface area contributed by atoms with Crippen LogP contribution in [0.5, 0.6) is 0 Å². The zero-order valence-electron chi connectivity index (χ0n) is 12.6. The topological polar surface area (TPSA) is 55.2 Å². The number of benzene rings is 1. The summed E-state index contributed by atoms with van der Waals surface area (Å²) < 4.78 is 14.2. The molecule has 0 spiro atoms. The Morgan fingerprint density at radius 3 is 2.81 bits per heavy atom. The zero-order valence-corrected chi connectivity index (χ0v) is 12.6. The molecule has 0 amide bonds. The summed E-state index contributed by atoms with van der Waals surface area (Å²) in [6.07, 6.45) is 5.07. The Morgan fingerprint density at radius 2 is 2.19 bits per heavy atom. The number of halogens is 1. The van der Waals surface area contributed by atoms with E-state index in [2.05, 4.69) is 12.2 Å². The molecular formula is C16H23FN2O2. The monoisotopic (exact) mass is 294 g/mol. The van der Waals surface area contributed by atoms with Crippen LogP contribution in [0, 0.1) is 27.8 Å². The van der Waals surface area contributed by atoms with E-state index < -0.39 is 16.4 Å². The van der Waals surface area contributed by atoms with E-state index in [0.29, 0.717) is 29.9 Å². The molecule has 0 saturated heterocycles. The molecule has 2 rings (SSSR count). The van der Waals surface area contributed by atoms with E-state index in [1.54, 1.807) is 12.1 Å². The van der Waals surface area contributed by atoms with Crippen molar-refractivity contribution < 1.29 is 9.31 Å². The van der Waals surface area contributed by atoms with E-state index in [-0.39, 0.29) is 0 Å².